The van der Waals surface area contributed by atoms with Gasteiger partial charge in [-0.25, -0.2) is 8.78 Å². The van der Waals surface area contributed by atoms with Crippen molar-refractivity contribution in [2.45, 2.75) is 0 Å². The predicted molar refractivity (Wildman–Crippen MR) is 62.7 cm³/mol. The molecule has 0 amide bonds. The molecule has 7 heteroatoms. The van der Waals surface area contributed by atoms with Gasteiger partial charge in [0.2, 0.25) is 5.82 Å². The highest BCUT2D eigenvalue weighted by Gasteiger charge is 2.20. The molecule has 1 N–H and O–H groups in total. The first-order chi connectivity index (χ1) is 8.99. The lowest BCUT2D eigenvalue weighted by atomic mass is 10.2. The maximum atomic E-state index is 13.4. The standard InChI is InChI=1S/C12H7F3N2O2/c13-7-4-5-10(9(15)6-7)16-11-3-1-2-8(14)12(11)17(18)19/h1-6,16H. The average molecular weight is 268 g/mol. The summed E-state index contributed by atoms with van der Waals surface area (Å²) in [6.45, 7) is 0. The predicted octanol–water partition coefficient (Wildman–Crippen LogP) is 3.76. The van der Waals surface area contributed by atoms with E-state index in [0.29, 0.717) is 6.07 Å². The third-order valence-electron chi connectivity index (χ3n) is 2.37. The number of hydrogen-bond donors (Lipinski definition) is 1. The topological polar surface area (TPSA) is 55.2 Å². The smallest absolute Gasteiger partial charge is 0.327 e. The zero-order valence-corrected chi connectivity index (χ0v) is 9.36. The van der Waals surface area contributed by atoms with Gasteiger partial charge >= 0.3 is 5.69 Å². The molecule has 2 aromatic carbocycles. The van der Waals surface area contributed by atoms with E-state index in [4.69, 9.17) is 0 Å². The molecule has 0 spiro atoms. The number of para-hydroxylation sites is 1. The molecule has 2 rings (SSSR count). The number of hydrogen-bond acceptors (Lipinski definition) is 3. The summed E-state index contributed by atoms with van der Waals surface area (Å²) in [6, 6.07) is 6.06. The van der Waals surface area contributed by atoms with Gasteiger partial charge in [-0.05, 0) is 24.3 Å². The third-order valence-corrected chi connectivity index (χ3v) is 2.37. The molecule has 0 aliphatic heterocycles. The lowest BCUT2D eigenvalue weighted by Gasteiger charge is -2.08. The van der Waals surface area contributed by atoms with Gasteiger partial charge in [0, 0.05) is 6.07 Å². The number of nitro benzene ring substituents is 1. The number of halogens is 3. The Morgan fingerprint density at radius 2 is 1.74 bits per heavy atom. The fraction of sp³-hybridized carbons (Fsp3) is 0. The summed E-state index contributed by atoms with van der Waals surface area (Å²) in [6.07, 6.45) is 0. The first kappa shape index (κ1) is 12.9. The molecule has 0 fully saturated rings. The molecule has 0 bridgehead atoms. The molecule has 19 heavy (non-hydrogen) atoms. The monoisotopic (exact) mass is 268 g/mol. The molecule has 0 aromatic heterocycles. The van der Waals surface area contributed by atoms with Gasteiger partial charge in [-0.1, -0.05) is 6.07 Å². The molecular formula is C12H7F3N2O2. The first-order valence-corrected chi connectivity index (χ1v) is 5.14. The minimum Gasteiger partial charge on any atom is -0.347 e. The van der Waals surface area contributed by atoms with Crippen LogP contribution < -0.4 is 5.32 Å². The van der Waals surface area contributed by atoms with E-state index in [0.717, 1.165) is 18.2 Å². The second-order valence-electron chi connectivity index (χ2n) is 3.64. The Morgan fingerprint density at radius 1 is 1.00 bits per heavy atom. The van der Waals surface area contributed by atoms with Crippen molar-refractivity contribution in [2.75, 3.05) is 5.32 Å². The van der Waals surface area contributed by atoms with Crippen LogP contribution in [0.2, 0.25) is 0 Å². The summed E-state index contributed by atoms with van der Waals surface area (Å²) < 4.78 is 39.5. The minimum absolute atomic E-state index is 0.185. The Hall–Kier alpha value is -2.57. The van der Waals surface area contributed by atoms with Crippen molar-refractivity contribution in [1.82, 2.24) is 0 Å². The second kappa shape index (κ2) is 4.97. The van der Waals surface area contributed by atoms with Gasteiger partial charge in [-0.2, -0.15) is 4.39 Å². The molecule has 2 aromatic rings. The van der Waals surface area contributed by atoms with Crippen LogP contribution in [0, 0.1) is 27.6 Å². The van der Waals surface area contributed by atoms with Gasteiger partial charge < -0.3 is 5.32 Å². The molecule has 0 radical (unpaired) electrons. The Morgan fingerprint density at radius 3 is 2.37 bits per heavy atom. The van der Waals surface area contributed by atoms with E-state index in [9.17, 15) is 23.3 Å². The molecule has 0 saturated heterocycles. The van der Waals surface area contributed by atoms with Crippen molar-refractivity contribution in [3.63, 3.8) is 0 Å². The van der Waals surface area contributed by atoms with Crippen molar-refractivity contribution in [1.29, 1.82) is 0 Å². The van der Waals surface area contributed by atoms with Gasteiger partial charge in [-0.15, -0.1) is 0 Å². The SMILES string of the molecule is O=[N+]([O-])c1c(F)cccc1Nc1ccc(F)cc1F. The van der Waals surface area contributed by atoms with Crippen LogP contribution in [0.3, 0.4) is 0 Å². The number of rotatable bonds is 3. The van der Waals surface area contributed by atoms with E-state index in [2.05, 4.69) is 5.32 Å². The van der Waals surface area contributed by atoms with Gasteiger partial charge in [0.1, 0.15) is 17.3 Å². The highest BCUT2D eigenvalue weighted by molar-refractivity contribution is 5.70. The van der Waals surface area contributed by atoms with Crippen LogP contribution in [-0.4, -0.2) is 4.92 Å². The van der Waals surface area contributed by atoms with Crippen LogP contribution >= 0.6 is 0 Å². The number of nitrogens with one attached hydrogen (secondary N) is 1. The van der Waals surface area contributed by atoms with Crippen LogP contribution in [0.4, 0.5) is 30.2 Å². The van der Waals surface area contributed by atoms with Crippen molar-refractivity contribution >= 4 is 17.1 Å². The van der Waals surface area contributed by atoms with Crippen LogP contribution in [0.5, 0.6) is 0 Å². The van der Waals surface area contributed by atoms with E-state index in [1.807, 2.05) is 0 Å². The molecule has 98 valence electrons. The van der Waals surface area contributed by atoms with E-state index in [1.54, 1.807) is 0 Å². The summed E-state index contributed by atoms with van der Waals surface area (Å²) in [7, 11) is 0. The third kappa shape index (κ3) is 2.65. The second-order valence-corrected chi connectivity index (χ2v) is 3.64. The van der Waals surface area contributed by atoms with Crippen molar-refractivity contribution < 1.29 is 18.1 Å². The van der Waals surface area contributed by atoms with Gasteiger partial charge in [0.05, 0.1) is 10.6 Å². The molecule has 0 aliphatic rings. The Balaban J connectivity index is 2.44. The zero-order valence-electron chi connectivity index (χ0n) is 9.36. The number of nitrogens with zero attached hydrogens (tertiary/aromatic N) is 1. The number of nitro groups is 1. The van der Waals surface area contributed by atoms with Gasteiger partial charge in [0.25, 0.3) is 0 Å². The maximum absolute atomic E-state index is 13.4. The Labute approximate surface area is 105 Å². The van der Waals surface area contributed by atoms with E-state index < -0.39 is 28.1 Å². The first-order valence-electron chi connectivity index (χ1n) is 5.14. The van der Waals surface area contributed by atoms with E-state index in [-0.39, 0.29) is 11.4 Å². The summed E-state index contributed by atoms with van der Waals surface area (Å²) in [4.78, 5) is 9.83. The highest BCUT2D eigenvalue weighted by atomic mass is 19.1. The number of benzene rings is 2. The maximum Gasteiger partial charge on any atom is 0.327 e. The van der Waals surface area contributed by atoms with Gasteiger partial charge in [0.15, 0.2) is 0 Å². The molecular weight excluding hydrogens is 261 g/mol. The molecule has 0 saturated carbocycles. The highest BCUT2D eigenvalue weighted by Crippen LogP contribution is 2.30. The molecule has 0 heterocycles. The minimum atomic E-state index is -1.04. The van der Waals surface area contributed by atoms with Crippen LogP contribution in [0.1, 0.15) is 0 Å². The van der Waals surface area contributed by atoms with Crippen LogP contribution in [0.25, 0.3) is 0 Å². The molecule has 0 unspecified atom stereocenters. The summed E-state index contributed by atoms with van der Waals surface area (Å²) >= 11 is 0. The zero-order chi connectivity index (χ0) is 14.0. The molecule has 0 atom stereocenters. The number of anilines is 2. The van der Waals surface area contributed by atoms with Crippen LogP contribution in [0.15, 0.2) is 36.4 Å². The van der Waals surface area contributed by atoms with E-state index >= 15 is 0 Å². The summed E-state index contributed by atoms with van der Waals surface area (Å²) in [5.41, 5.74) is -1.20. The molecule has 4 nitrogen and oxygen atoms in total. The lowest BCUT2D eigenvalue weighted by molar-refractivity contribution is -0.386. The summed E-state index contributed by atoms with van der Waals surface area (Å²) in [5.74, 6) is -2.76. The quantitative estimate of drug-likeness (QED) is 0.681. The fourth-order valence-corrected chi connectivity index (χ4v) is 1.54. The molecule has 0 aliphatic carbocycles. The summed E-state index contributed by atoms with van der Waals surface area (Å²) in [5, 5.41) is 13.1. The van der Waals surface area contributed by atoms with Crippen molar-refractivity contribution in [2.24, 2.45) is 0 Å². The van der Waals surface area contributed by atoms with E-state index in [1.165, 1.54) is 12.1 Å². The fourth-order valence-electron chi connectivity index (χ4n) is 1.54. The normalized spacial score (nSPS) is 10.3. The Bertz CT molecular complexity index is 647. The van der Waals surface area contributed by atoms with Crippen molar-refractivity contribution in [3.05, 3.63) is 64.0 Å². The average Bonchev–Trinajstić information content (AvgIpc) is 2.32. The largest absolute Gasteiger partial charge is 0.347 e. The van der Waals surface area contributed by atoms with Crippen LogP contribution in [-0.2, 0) is 0 Å². The van der Waals surface area contributed by atoms with Gasteiger partial charge in [-0.3, -0.25) is 10.1 Å². The Kier molecular flexibility index (Phi) is 3.37. The lowest BCUT2D eigenvalue weighted by Crippen LogP contribution is -2.01. The van der Waals surface area contributed by atoms with Crippen molar-refractivity contribution in [3.8, 4) is 0 Å².